The van der Waals surface area contributed by atoms with Crippen LogP contribution in [0.1, 0.15) is 114 Å². The van der Waals surface area contributed by atoms with Crippen molar-refractivity contribution >= 4 is 5.97 Å². The van der Waals surface area contributed by atoms with Gasteiger partial charge in [-0.3, -0.25) is 4.79 Å². The van der Waals surface area contributed by atoms with Crippen LogP contribution in [0.5, 0.6) is 0 Å². The molecule has 0 saturated carbocycles. The Bertz CT molecular complexity index is 960. The van der Waals surface area contributed by atoms with Crippen molar-refractivity contribution in [3.8, 4) is 0 Å². The first-order chi connectivity index (χ1) is 19.3. The van der Waals surface area contributed by atoms with Crippen molar-refractivity contribution in [3.63, 3.8) is 0 Å². The Morgan fingerprint density at radius 3 is 1.38 bits per heavy atom. The van der Waals surface area contributed by atoms with Crippen LogP contribution in [0.25, 0.3) is 0 Å². The van der Waals surface area contributed by atoms with Crippen LogP contribution < -0.4 is 0 Å². The highest BCUT2D eigenvalue weighted by atomic mass is 16.6. The number of hydrogen-bond acceptors (Lipinski definition) is 2. The summed E-state index contributed by atoms with van der Waals surface area (Å²) in [6, 6.07) is 30.3. The van der Waals surface area contributed by atoms with Crippen molar-refractivity contribution in [2.75, 3.05) is 0 Å². The third kappa shape index (κ3) is 10.2. The van der Waals surface area contributed by atoms with Gasteiger partial charge in [0, 0.05) is 23.1 Å². The van der Waals surface area contributed by atoms with Gasteiger partial charge in [0.25, 0.3) is 0 Å². The summed E-state index contributed by atoms with van der Waals surface area (Å²) in [6.07, 6.45) is 21.3. The van der Waals surface area contributed by atoms with Crippen LogP contribution in [0.4, 0.5) is 0 Å². The summed E-state index contributed by atoms with van der Waals surface area (Å²) < 4.78 is 6.47. The largest absolute Gasteiger partial charge is 0.444 e. The maximum Gasteiger partial charge on any atom is 0.307 e. The molecule has 0 bridgehead atoms. The highest BCUT2D eigenvalue weighted by molar-refractivity contribution is 5.72. The van der Waals surface area contributed by atoms with Crippen molar-refractivity contribution < 1.29 is 9.53 Å². The number of ether oxygens (including phenoxy) is 1. The summed E-state index contributed by atoms with van der Waals surface area (Å²) >= 11 is 0. The molecule has 0 spiro atoms. The van der Waals surface area contributed by atoms with E-state index in [0.717, 1.165) is 29.5 Å². The molecule has 0 saturated heterocycles. The summed E-state index contributed by atoms with van der Waals surface area (Å²) in [5.74, 6) is -0.149. The molecule has 2 heteroatoms. The van der Waals surface area contributed by atoms with Gasteiger partial charge in [0.15, 0.2) is 5.60 Å². The smallest absolute Gasteiger partial charge is 0.307 e. The van der Waals surface area contributed by atoms with E-state index in [1.165, 1.54) is 70.6 Å². The summed E-state index contributed by atoms with van der Waals surface area (Å²) in [6.45, 7) is 2.27. The number of carbonyl (C=O) groups is 1. The summed E-state index contributed by atoms with van der Waals surface area (Å²) in [5.41, 5.74) is 1.91. The topological polar surface area (TPSA) is 26.3 Å². The molecule has 0 atom stereocenters. The number of benzene rings is 3. The zero-order valence-electron chi connectivity index (χ0n) is 24.0. The Hall–Kier alpha value is -3.13. The first kappa shape index (κ1) is 30.4. The van der Waals surface area contributed by atoms with Gasteiger partial charge < -0.3 is 4.74 Å². The lowest BCUT2D eigenvalue weighted by Gasteiger charge is -2.35. The molecule has 0 fully saturated rings. The lowest BCUT2D eigenvalue weighted by atomic mass is 9.80. The molecule has 0 aliphatic heterocycles. The predicted molar refractivity (Wildman–Crippen MR) is 165 cm³/mol. The Kier molecular flexibility index (Phi) is 14.2. The molecule has 0 N–H and O–H groups in total. The van der Waals surface area contributed by atoms with Crippen molar-refractivity contribution in [3.05, 3.63) is 120 Å². The van der Waals surface area contributed by atoms with Crippen molar-refractivity contribution in [1.82, 2.24) is 0 Å². The average molecular weight is 525 g/mol. The maximum absolute atomic E-state index is 13.3. The van der Waals surface area contributed by atoms with Gasteiger partial charge in [-0.1, -0.05) is 161 Å². The number of carbonyl (C=O) groups excluding carboxylic acids is 1. The second kappa shape index (κ2) is 18.2. The Balaban J connectivity index is 1.46. The lowest BCUT2D eigenvalue weighted by Crippen LogP contribution is -2.35. The third-order valence-electron chi connectivity index (χ3n) is 7.45. The van der Waals surface area contributed by atoms with Gasteiger partial charge in [0.05, 0.1) is 0 Å². The van der Waals surface area contributed by atoms with Crippen molar-refractivity contribution in [2.24, 2.45) is 0 Å². The quantitative estimate of drug-likeness (QED) is 0.0674. The molecule has 3 rings (SSSR count). The lowest BCUT2D eigenvalue weighted by molar-refractivity contribution is -0.153. The molecule has 39 heavy (non-hydrogen) atoms. The van der Waals surface area contributed by atoms with Gasteiger partial charge in [0.2, 0.25) is 0 Å². The van der Waals surface area contributed by atoms with E-state index in [4.69, 9.17) is 4.74 Å². The third-order valence-corrected chi connectivity index (χ3v) is 7.45. The molecule has 3 aromatic carbocycles. The van der Waals surface area contributed by atoms with Crippen LogP contribution in [0, 0.1) is 0 Å². The molecule has 208 valence electrons. The van der Waals surface area contributed by atoms with E-state index in [1.807, 2.05) is 54.6 Å². The van der Waals surface area contributed by atoms with Crippen molar-refractivity contribution in [1.29, 1.82) is 0 Å². The van der Waals surface area contributed by atoms with E-state index >= 15 is 0 Å². The van der Waals surface area contributed by atoms with Crippen molar-refractivity contribution in [2.45, 2.75) is 102 Å². The van der Waals surface area contributed by atoms with E-state index in [1.54, 1.807) is 0 Å². The SMILES string of the molecule is CCCCCCCC/C=C\CCCCCCCC(=O)OC(c1ccccc1)(c1ccccc1)c1ccccc1. The summed E-state index contributed by atoms with van der Waals surface area (Å²) in [4.78, 5) is 13.3. The van der Waals surface area contributed by atoms with Gasteiger partial charge in [-0.05, 0) is 32.1 Å². The van der Waals surface area contributed by atoms with E-state index in [-0.39, 0.29) is 5.97 Å². The fraction of sp³-hybridized carbons (Fsp3) is 0.432. The fourth-order valence-electron chi connectivity index (χ4n) is 5.26. The van der Waals surface area contributed by atoms with E-state index in [2.05, 4.69) is 55.5 Å². The molecule has 0 aliphatic carbocycles. The van der Waals surface area contributed by atoms with E-state index in [9.17, 15) is 4.79 Å². The minimum atomic E-state index is -0.970. The minimum absolute atomic E-state index is 0.149. The zero-order chi connectivity index (χ0) is 27.4. The van der Waals surface area contributed by atoms with Crippen LogP contribution in [0.3, 0.4) is 0 Å². The summed E-state index contributed by atoms with van der Waals surface area (Å²) in [5, 5.41) is 0. The molecule has 2 nitrogen and oxygen atoms in total. The van der Waals surface area contributed by atoms with Gasteiger partial charge >= 0.3 is 5.97 Å². The number of esters is 1. The highest BCUT2D eigenvalue weighted by Gasteiger charge is 2.40. The highest BCUT2D eigenvalue weighted by Crippen LogP contribution is 2.40. The van der Waals surface area contributed by atoms with Gasteiger partial charge in [-0.25, -0.2) is 0 Å². The predicted octanol–water partition coefficient (Wildman–Crippen LogP) is 10.6. The standard InChI is InChI=1S/C37H48O2/c1-2-3-4-5-6-7-8-9-10-11-12-13-14-15-25-32-36(38)39-37(33-26-19-16-20-27-33,34-28-21-17-22-29-34)35-30-23-18-24-31-35/h9-10,16-24,26-31H,2-8,11-15,25,32H2,1H3/b10-9-. The van der Waals surface area contributed by atoms with Gasteiger partial charge in [-0.2, -0.15) is 0 Å². The van der Waals surface area contributed by atoms with Gasteiger partial charge in [0.1, 0.15) is 0 Å². The average Bonchev–Trinajstić information content (AvgIpc) is 2.99. The monoisotopic (exact) mass is 524 g/mol. The van der Waals surface area contributed by atoms with Crippen LogP contribution >= 0.6 is 0 Å². The first-order valence-corrected chi connectivity index (χ1v) is 15.3. The van der Waals surface area contributed by atoms with E-state index < -0.39 is 5.60 Å². The second-order valence-electron chi connectivity index (χ2n) is 10.6. The Morgan fingerprint density at radius 1 is 0.564 bits per heavy atom. The molecule has 0 aliphatic rings. The minimum Gasteiger partial charge on any atom is -0.444 e. The molecule has 0 unspecified atom stereocenters. The number of allylic oxidation sites excluding steroid dienone is 2. The molecule has 3 aromatic rings. The summed E-state index contributed by atoms with van der Waals surface area (Å²) in [7, 11) is 0. The van der Waals surface area contributed by atoms with Crippen LogP contribution in [-0.2, 0) is 15.1 Å². The van der Waals surface area contributed by atoms with Gasteiger partial charge in [-0.15, -0.1) is 0 Å². The molecule has 0 amide bonds. The number of hydrogen-bond donors (Lipinski definition) is 0. The normalized spacial score (nSPS) is 11.6. The second-order valence-corrected chi connectivity index (χ2v) is 10.6. The number of unbranched alkanes of at least 4 members (excludes halogenated alkanes) is 11. The fourth-order valence-corrected chi connectivity index (χ4v) is 5.26. The Labute approximate surface area is 237 Å². The van der Waals surface area contributed by atoms with Crippen LogP contribution in [-0.4, -0.2) is 5.97 Å². The first-order valence-electron chi connectivity index (χ1n) is 15.3. The Morgan fingerprint density at radius 2 is 0.949 bits per heavy atom. The number of rotatable bonds is 19. The van der Waals surface area contributed by atoms with E-state index in [0.29, 0.717) is 6.42 Å². The molecular formula is C37H48O2. The molecular weight excluding hydrogens is 476 g/mol. The molecule has 0 aromatic heterocycles. The zero-order valence-corrected chi connectivity index (χ0v) is 24.0. The van der Waals surface area contributed by atoms with Crippen LogP contribution in [0.2, 0.25) is 0 Å². The molecule has 0 radical (unpaired) electrons. The molecule has 0 heterocycles. The maximum atomic E-state index is 13.3. The van der Waals surface area contributed by atoms with Crippen LogP contribution in [0.15, 0.2) is 103 Å².